The van der Waals surface area contributed by atoms with Crippen LogP contribution in [0.5, 0.6) is 0 Å². The second-order valence-corrected chi connectivity index (χ2v) is 16.4. The highest BCUT2D eigenvalue weighted by Gasteiger charge is 2.59. The lowest BCUT2D eigenvalue weighted by molar-refractivity contribution is -0.111. The third kappa shape index (κ3) is 5.23. The molecule has 0 bridgehead atoms. The van der Waals surface area contributed by atoms with Gasteiger partial charge in [0.1, 0.15) is 11.6 Å². The first-order valence-corrected chi connectivity index (χ1v) is 18.6. The monoisotopic (exact) mass is 612 g/mol. The smallest absolute Gasteiger partial charge is 0.229 e. The van der Waals surface area contributed by atoms with Gasteiger partial charge >= 0.3 is 0 Å². The molecule has 3 aliphatic heterocycles. The molecule has 6 fully saturated rings. The largest absolute Gasteiger partial charge is 0.356 e. The number of rotatable bonds is 6. The molecule has 3 saturated carbocycles. The van der Waals surface area contributed by atoms with E-state index < -0.39 is 0 Å². The van der Waals surface area contributed by atoms with E-state index in [0.29, 0.717) is 11.3 Å². The van der Waals surface area contributed by atoms with E-state index in [0.717, 1.165) is 100 Å². The van der Waals surface area contributed by atoms with Crippen LogP contribution in [0.25, 0.3) is 0 Å². The first-order chi connectivity index (χ1) is 21.8. The maximum atomic E-state index is 12.2. The van der Waals surface area contributed by atoms with Crippen LogP contribution in [-0.4, -0.2) is 79.6 Å². The fourth-order valence-corrected chi connectivity index (χ4v) is 11.6. The van der Waals surface area contributed by atoms with E-state index in [4.69, 9.17) is 9.97 Å². The molecule has 0 aromatic carbocycles. The van der Waals surface area contributed by atoms with Crippen LogP contribution in [0.1, 0.15) is 85.0 Å². The third-order valence-corrected chi connectivity index (χ3v) is 14.1. The van der Waals surface area contributed by atoms with E-state index >= 15 is 0 Å². The average molecular weight is 613 g/mol. The molecule has 7 heteroatoms. The zero-order chi connectivity index (χ0) is 30.8. The van der Waals surface area contributed by atoms with Gasteiger partial charge in [-0.2, -0.15) is 9.97 Å². The predicted molar refractivity (Wildman–Crippen MR) is 183 cm³/mol. The highest BCUT2D eigenvalue weighted by molar-refractivity contribution is 6.01. The summed E-state index contributed by atoms with van der Waals surface area (Å²) in [5.74, 6) is 7.35. The van der Waals surface area contributed by atoms with Crippen LogP contribution in [0.4, 0.5) is 17.6 Å². The summed E-state index contributed by atoms with van der Waals surface area (Å²) >= 11 is 0. The van der Waals surface area contributed by atoms with Crippen LogP contribution < -0.4 is 14.7 Å². The molecule has 7 aliphatic rings. The summed E-state index contributed by atoms with van der Waals surface area (Å²) < 4.78 is 0. The number of fused-ring (bicyclic) bond motifs is 5. The number of ketones is 1. The molecule has 0 radical (unpaired) electrons. The second-order valence-electron chi connectivity index (χ2n) is 16.4. The summed E-state index contributed by atoms with van der Waals surface area (Å²) in [7, 11) is 0. The molecule has 3 saturated heterocycles. The summed E-state index contributed by atoms with van der Waals surface area (Å²) in [5.41, 5.74) is 1.99. The van der Waals surface area contributed by atoms with Gasteiger partial charge in [-0.25, -0.2) is 0 Å². The van der Waals surface area contributed by atoms with Crippen molar-refractivity contribution >= 4 is 23.4 Å². The van der Waals surface area contributed by atoms with Crippen LogP contribution in [0.15, 0.2) is 29.9 Å². The number of hydrogen-bond acceptors (Lipinski definition) is 7. The van der Waals surface area contributed by atoms with Gasteiger partial charge in [0.05, 0.1) is 0 Å². The summed E-state index contributed by atoms with van der Waals surface area (Å²) in [6, 6.07) is 2.28. The Morgan fingerprint density at radius 3 is 2.20 bits per heavy atom. The highest BCUT2D eigenvalue weighted by atomic mass is 16.1. The van der Waals surface area contributed by atoms with Crippen LogP contribution in [-0.2, 0) is 4.79 Å². The minimum Gasteiger partial charge on any atom is -0.356 e. The van der Waals surface area contributed by atoms with Crippen molar-refractivity contribution in [1.82, 2.24) is 14.9 Å². The lowest BCUT2D eigenvalue weighted by Gasteiger charge is -2.57. The van der Waals surface area contributed by atoms with E-state index in [2.05, 4.69) is 52.5 Å². The number of aromatic nitrogens is 2. The molecule has 7 nitrogen and oxygen atoms in total. The first-order valence-electron chi connectivity index (χ1n) is 18.6. The van der Waals surface area contributed by atoms with E-state index in [1.807, 2.05) is 12.2 Å². The Kier molecular flexibility index (Phi) is 7.78. The number of carbonyl (C=O) groups is 1. The minimum atomic E-state index is 0.107. The second kappa shape index (κ2) is 11.7. The summed E-state index contributed by atoms with van der Waals surface area (Å²) in [6.07, 6.45) is 19.1. The molecule has 1 unspecified atom stereocenters. The van der Waals surface area contributed by atoms with Crippen molar-refractivity contribution in [2.75, 3.05) is 73.6 Å². The first kappa shape index (κ1) is 30.0. The summed E-state index contributed by atoms with van der Waals surface area (Å²) in [4.78, 5) is 32.6. The Morgan fingerprint density at radius 1 is 0.822 bits per heavy atom. The molecule has 244 valence electrons. The SMILES string of the molecule is CC(CN1CCN(c2cc(N3CCCC3)nc(N3CCCC3)n2)CC1)[C@H]1CC[C@H]2[C@@H]3CCC4=CC(=O)C=C[C@]4(C)[C@H]3CC[C@]12C. The van der Waals surface area contributed by atoms with Gasteiger partial charge in [0.15, 0.2) is 5.78 Å². The van der Waals surface area contributed by atoms with Gasteiger partial charge in [-0.3, -0.25) is 9.69 Å². The van der Waals surface area contributed by atoms with Gasteiger partial charge in [-0.15, -0.1) is 0 Å². The zero-order valence-electron chi connectivity index (χ0n) is 28.2. The Hall–Kier alpha value is -2.41. The van der Waals surface area contributed by atoms with Gasteiger partial charge in [0, 0.05) is 70.4 Å². The predicted octanol–water partition coefficient (Wildman–Crippen LogP) is 6.36. The normalized spacial score (nSPS) is 37.4. The Morgan fingerprint density at radius 2 is 1.49 bits per heavy atom. The Balaban J connectivity index is 0.912. The van der Waals surface area contributed by atoms with Crippen LogP contribution in [0.3, 0.4) is 0 Å². The third-order valence-electron chi connectivity index (χ3n) is 14.1. The molecule has 1 aromatic heterocycles. The van der Waals surface area contributed by atoms with Crippen molar-refractivity contribution in [3.63, 3.8) is 0 Å². The molecule has 45 heavy (non-hydrogen) atoms. The van der Waals surface area contributed by atoms with Crippen LogP contribution >= 0.6 is 0 Å². The van der Waals surface area contributed by atoms with Crippen LogP contribution in [0.2, 0.25) is 0 Å². The number of carbonyl (C=O) groups excluding carboxylic acids is 1. The molecular formula is C38H56N6O. The fourth-order valence-electron chi connectivity index (χ4n) is 11.6. The van der Waals surface area contributed by atoms with E-state index in [-0.39, 0.29) is 11.2 Å². The molecule has 4 heterocycles. The van der Waals surface area contributed by atoms with Gasteiger partial charge in [-0.05, 0) is 111 Å². The molecule has 7 atom stereocenters. The van der Waals surface area contributed by atoms with Gasteiger partial charge in [0.25, 0.3) is 0 Å². The molecule has 4 aliphatic carbocycles. The van der Waals surface area contributed by atoms with Crippen molar-refractivity contribution in [3.05, 3.63) is 29.9 Å². The number of hydrogen-bond donors (Lipinski definition) is 0. The lowest BCUT2D eigenvalue weighted by Crippen LogP contribution is -2.51. The van der Waals surface area contributed by atoms with Crippen molar-refractivity contribution in [1.29, 1.82) is 0 Å². The van der Waals surface area contributed by atoms with Crippen LogP contribution in [0, 0.1) is 40.4 Å². The lowest BCUT2D eigenvalue weighted by atomic mass is 9.47. The standard InChI is InChI=1S/C38H56N6O/c1-27(31-10-11-32-30-9-8-28-24-29(45)12-14-37(28,2)33(30)13-15-38(31,32)3)26-41-20-22-43(23-21-41)35-25-34(42-16-4-5-17-42)39-36(40-35)44-18-6-7-19-44/h12,14,24-25,27,30-33H,4-11,13,15-23,26H2,1-3H3/t27?,30-,31+,32-,33-,37-,38+/m0/s1. The van der Waals surface area contributed by atoms with Gasteiger partial charge in [-0.1, -0.05) is 32.4 Å². The molecular weight excluding hydrogens is 556 g/mol. The molecule has 0 spiro atoms. The fraction of sp³-hybridized carbons (Fsp3) is 0.763. The Bertz CT molecular complexity index is 1300. The zero-order valence-corrected chi connectivity index (χ0v) is 28.2. The van der Waals surface area contributed by atoms with Crippen molar-refractivity contribution in [2.45, 2.75) is 85.0 Å². The van der Waals surface area contributed by atoms with E-state index in [1.165, 1.54) is 69.9 Å². The number of piperazine rings is 1. The molecule has 0 N–H and O–H groups in total. The van der Waals surface area contributed by atoms with Crippen molar-refractivity contribution in [3.8, 4) is 0 Å². The minimum absolute atomic E-state index is 0.107. The Labute approximate surface area is 271 Å². The maximum absolute atomic E-state index is 12.2. The van der Waals surface area contributed by atoms with Gasteiger partial charge in [0.2, 0.25) is 5.95 Å². The highest BCUT2D eigenvalue weighted by Crippen LogP contribution is 2.67. The number of anilines is 3. The average Bonchev–Trinajstić information content (AvgIpc) is 3.83. The molecule has 8 rings (SSSR count). The molecule has 0 amide bonds. The van der Waals surface area contributed by atoms with Crippen molar-refractivity contribution in [2.24, 2.45) is 40.4 Å². The van der Waals surface area contributed by atoms with Gasteiger partial charge < -0.3 is 14.7 Å². The van der Waals surface area contributed by atoms with E-state index in [1.54, 1.807) is 0 Å². The molecule has 1 aromatic rings. The maximum Gasteiger partial charge on any atom is 0.229 e. The quantitative estimate of drug-likeness (QED) is 0.371. The topological polar surface area (TPSA) is 55.8 Å². The van der Waals surface area contributed by atoms with Crippen molar-refractivity contribution < 1.29 is 4.79 Å². The van der Waals surface area contributed by atoms with E-state index in [9.17, 15) is 4.79 Å². The summed E-state index contributed by atoms with van der Waals surface area (Å²) in [6.45, 7) is 17.7. The number of nitrogens with zero attached hydrogens (tertiary/aromatic N) is 6. The number of allylic oxidation sites excluding steroid dienone is 4. The summed E-state index contributed by atoms with van der Waals surface area (Å²) in [5, 5.41) is 0.